The minimum atomic E-state index is -3.55. The summed E-state index contributed by atoms with van der Waals surface area (Å²) in [6, 6.07) is 13.6. The maximum absolute atomic E-state index is 12.7. The van der Waals surface area contributed by atoms with Crippen molar-refractivity contribution in [3.8, 4) is 0 Å². The lowest BCUT2D eigenvalue weighted by Crippen LogP contribution is -2.36. The Morgan fingerprint density at radius 3 is 2.31 bits per heavy atom. The van der Waals surface area contributed by atoms with Crippen molar-refractivity contribution in [2.75, 3.05) is 18.4 Å². The van der Waals surface area contributed by atoms with Gasteiger partial charge >= 0.3 is 0 Å². The molecule has 1 aliphatic rings. The van der Waals surface area contributed by atoms with Gasteiger partial charge in [0.25, 0.3) is 5.91 Å². The highest BCUT2D eigenvalue weighted by molar-refractivity contribution is 7.89. The van der Waals surface area contributed by atoms with Crippen molar-refractivity contribution in [1.29, 1.82) is 0 Å². The van der Waals surface area contributed by atoms with E-state index in [1.807, 2.05) is 6.92 Å². The molecule has 0 fully saturated rings. The fourth-order valence-electron chi connectivity index (χ4n) is 2.68. The van der Waals surface area contributed by atoms with E-state index in [0.717, 1.165) is 5.56 Å². The maximum atomic E-state index is 12.7. The van der Waals surface area contributed by atoms with Crippen molar-refractivity contribution in [2.24, 2.45) is 0 Å². The van der Waals surface area contributed by atoms with Crippen LogP contribution in [0, 0.1) is 6.92 Å². The van der Waals surface area contributed by atoms with Crippen LogP contribution in [0.4, 0.5) is 5.69 Å². The largest absolute Gasteiger partial charge is 0.322 e. The SMILES string of the molecule is Cc1ccc(S(=O)(=O)N2CC=C(C(=O)Nc3ccc(Cl)cc3)CC2)cc1. The van der Waals surface area contributed by atoms with Gasteiger partial charge in [-0.15, -0.1) is 0 Å². The number of hydrogen-bond acceptors (Lipinski definition) is 3. The van der Waals surface area contributed by atoms with Crippen molar-refractivity contribution in [3.05, 3.63) is 70.8 Å². The highest BCUT2D eigenvalue weighted by atomic mass is 35.5. The number of anilines is 1. The Kier molecular flexibility index (Phi) is 5.46. The average Bonchev–Trinajstić information content (AvgIpc) is 2.64. The summed E-state index contributed by atoms with van der Waals surface area (Å²) in [5.41, 5.74) is 2.23. The van der Waals surface area contributed by atoms with Crippen LogP contribution in [0.1, 0.15) is 12.0 Å². The van der Waals surface area contributed by atoms with E-state index in [2.05, 4.69) is 5.32 Å². The van der Waals surface area contributed by atoms with Crippen LogP contribution < -0.4 is 5.32 Å². The van der Waals surface area contributed by atoms with Crippen molar-refractivity contribution >= 4 is 33.2 Å². The normalized spacial score (nSPS) is 15.4. The van der Waals surface area contributed by atoms with Gasteiger partial charge < -0.3 is 5.32 Å². The molecule has 2 aromatic rings. The van der Waals surface area contributed by atoms with E-state index in [9.17, 15) is 13.2 Å². The highest BCUT2D eigenvalue weighted by Crippen LogP contribution is 2.22. The minimum Gasteiger partial charge on any atom is -0.322 e. The van der Waals surface area contributed by atoms with Gasteiger partial charge in [0.1, 0.15) is 0 Å². The van der Waals surface area contributed by atoms with Gasteiger partial charge in [0.05, 0.1) is 4.90 Å². The molecule has 0 aromatic heterocycles. The van der Waals surface area contributed by atoms with Gasteiger partial charge in [-0.05, 0) is 49.7 Å². The van der Waals surface area contributed by atoms with Crippen molar-refractivity contribution in [1.82, 2.24) is 4.31 Å². The van der Waals surface area contributed by atoms with Crippen LogP contribution in [-0.2, 0) is 14.8 Å². The Balaban J connectivity index is 1.68. The zero-order valence-corrected chi connectivity index (χ0v) is 15.8. The van der Waals surface area contributed by atoms with Crippen LogP contribution in [0.25, 0.3) is 0 Å². The molecule has 0 radical (unpaired) electrons. The highest BCUT2D eigenvalue weighted by Gasteiger charge is 2.27. The molecule has 0 atom stereocenters. The summed E-state index contributed by atoms with van der Waals surface area (Å²) in [6.45, 7) is 2.36. The number of amides is 1. The van der Waals surface area contributed by atoms with Crippen LogP contribution in [0.2, 0.25) is 5.02 Å². The molecule has 3 rings (SSSR count). The number of carbonyl (C=O) groups excluding carboxylic acids is 1. The molecule has 1 heterocycles. The molecule has 0 saturated carbocycles. The predicted octanol–water partition coefficient (Wildman–Crippen LogP) is 3.61. The number of aryl methyl sites for hydroxylation is 1. The Morgan fingerprint density at radius 2 is 1.73 bits per heavy atom. The van der Waals surface area contributed by atoms with Crippen LogP contribution in [-0.4, -0.2) is 31.7 Å². The number of rotatable bonds is 4. The number of sulfonamides is 1. The molecule has 0 spiro atoms. The monoisotopic (exact) mass is 390 g/mol. The summed E-state index contributed by atoms with van der Waals surface area (Å²) < 4.78 is 26.7. The Hall–Kier alpha value is -2.15. The fourth-order valence-corrected chi connectivity index (χ4v) is 4.19. The molecule has 5 nitrogen and oxygen atoms in total. The lowest BCUT2D eigenvalue weighted by atomic mass is 10.1. The van der Waals surface area contributed by atoms with Crippen LogP contribution in [0.5, 0.6) is 0 Å². The average molecular weight is 391 g/mol. The van der Waals surface area contributed by atoms with Gasteiger partial charge in [0.2, 0.25) is 10.0 Å². The summed E-state index contributed by atoms with van der Waals surface area (Å²) >= 11 is 5.83. The number of nitrogens with one attached hydrogen (secondary N) is 1. The Bertz CT molecular complexity index is 936. The molecule has 1 aliphatic heterocycles. The summed E-state index contributed by atoms with van der Waals surface area (Å²) in [4.78, 5) is 12.6. The quantitative estimate of drug-likeness (QED) is 0.867. The second-order valence-corrected chi connectivity index (χ2v) is 8.49. The molecule has 0 bridgehead atoms. The van der Waals surface area contributed by atoms with E-state index in [1.165, 1.54) is 4.31 Å². The van der Waals surface area contributed by atoms with Crippen LogP contribution >= 0.6 is 11.6 Å². The molecule has 2 aromatic carbocycles. The lowest BCUT2D eigenvalue weighted by molar-refractivity contribution is -0.113. The second kappa shape index (κ2) is 7.61. The maximum Gasteiger partial charge on any atom is 0.251 e. The number of hydrogen-bond donors (Lipinski definition) is 1. The summed E-state index contributed by atoms with van der Waals surface area (Å²) in [7, 11) is -3.55. The molecule has 1 N–H and O–H groups in total. The molecule has 26 heavy (non-hydrogen) atoms. The molecule has 1 amide bonds. The smallest absolute Gasteiger partial charge is 0.251 e. The summed E-state index contributed by atoms with van der Waals surface area (Å²) in [5.74, 6) is -0.222. The number of halogens is 1. The van der Waals surface area contributed by atoms with Crippen molar-refractivity contribution < 1.29 is 13.2 Å². The van der Waals surface area contributed by atoms with Crippen LogP contribution in [0.3, 0.4) is 0 Å². The van der Waals surface area contributed by atoms with E-state index < -0.39 is 10.0 Å². The van der Waals surface area contributed by atoms with Gasteiger partial charge in [-0.2, -0.15) is 4.31 Å². The topological polar surface area (TPSA) is 66.5 Å². The van der Waals surface area contributed by atoms with Gasteiger partial charge in [0, 0.05) is 29.4 Å². The van der Waals surface area contributed by atoms with E-state index in [-0.39, 0.29) is 23.9 Å². The summed E-state index contributed by atoms with van der Waals surface area (Å²) in [5, 5.41) is 3.39. The number of carbonyl (C=O) groups is 1. The molecule has 0 saturated heterocycles. The van der Waals surface area contributed by atoms with Gasteiger partial charge in [-0.1, -0.05) is 35.4 Å². The number of benzene rings is 2. The first kappa shape index (κ1) is 18.6. The second-order valence-electron chi connectivity index (χ2n) is 6.12. The Labute approximate surface area is 158 Å². The van der Waals surface area contributed by atoms with Gasteiger partial charge in [-0.25, -0.2) is 8.42 Å². The first-order valence-corrected chi connectivity index (χ1v) is 10.0. The Morgan fingerprint density at radius 1 is 1.08 bits per heavy atom. The molecular formula is C19H19ClN2O3S. The zero-order chi connectivity index (χ0) is 18.7. The molecule has 7 heteroatoms. The van der Waals surface area contributed by atoms with Crippen molar-refractivity contribution in [2.45, 2.75) is 18.2 Å². The zero-order valence-electron chi connectivity index (χ0n) is 14.3. The van der Waals surface area contributed by atoms with Gasteiger partial charge in [0.15, 0.2) is 0 Å². The minimum absolute atomic E-state index is 0.180. The van der Waals surface area contributed by atoms with Crippen LogP contribution in [0.15, 0.2) is 65.1 Å². The first-order valence-electron chi connectivity index (χ1n) is 8.19. The standard InChI is InChI=1S/C19H19ClN2O3S/c1-14-2-8-18(9-3-14)26(24,25)22-12-10-15(11-13-22)19(23)21-17-6-4-16(20)5-7-17/h2-10H,11-13H2,1H3,(H,21,23). The van der Waals surface area contributed by atoms with E-state index in [4.69, 9.17) is 11.6 Å². The van der Waals surface area contributed by atoms with E-state index in [1.54, 1.807) is 54.6 Å². The molecular weight excluding hydrogens is 372 g/mol. The van der Waals surface area contributed by atoms with E-state index in [0.29, 0.717) is 22.7 Å². The fraction of sp³-hybridized carbons (Fsp3) is 0.211. The number of nitrogens with zero attached hydrogens (tertiary/aromatic N) is 1. The molecule has 136 valence electrons. The molecule has 0 unspecified atom stereocenters. The predicted molar refractivity (Wildman–Crippen MR) is 103 cm³/mol. The first-order chi connectivity index (χ1) is 12.4. The van der Waals surface area contributed by atoms with Gasteiger partial charge in [-0.3, -0.25) is 4.79 Å². The molecule has 0 aliphatic carbocycles. The van der Waals surface area contributed by atoms with Crippen molar-refractivity contribution in [3.63, 3.8) is 0 Å². The van der Waals surface area contributed by atoms with E-state index >= 15 is 0 Å². The lowest BCUT2D eigenvalue weighted by Gasteiger charge is -2.25. The third kappa shape index (κ3) is 4.15. The third-order valence-electron chi connectivity index (χ3n) is 4.22. The summed E-state index contributed by atoms with van der Waals surface area (Å²) in [6.07, 6.45) is 2.03. The third-order valence-corrected chi connectivity index (χ3v) is 6.36.